The number of benzene rings is 1. The number of aromatic nitrogens is 1. The molecule has 1 heterocycles. The Balaban J connectivity index is 2.34. The molecule has 4 heteroatoms. The molecule has 2 rings (SSSR count). The lowest BCUT2D eigenvalue weighted by atomic mass is 10.1. The molecule has 0 bridgehead atoms. The van der Waals surface area contributed by atoms with Gasteiger partial charge in [-0.3, -0.25) is 0 Å². The van der Waals surface area contributed by atoms with Crippen LogP contribution in [0.4, 0.5) is 0 Å². The van der Waals surface area contributed by atoms with Gasteiger partial charge in [-0.05, 0) is 18.5 Å². The fourth-order valence-corrected chi connectivity index (χ4v) is 2.11. The van der Waals surface area contributed by atoms with Crippen LogP contribution in [0.25, 0.3) is 11.3 Å². The molecule has 1 aromatic heterocycles. The molecule has 1 aromatic carbocycles. The molecule has 0 N–H and O–H groups in total. The number of hydrogen-bond acceptors (Lipinski definition) is 2. The summed E-state index contributed by atoms with van der Waals surface area (Å²) in [6.45, 7) is 0. The van der Waals surface area contributed by atoms with Crippen LogP contribution in [0.5, 0.6) is 0 Å². The molecule has 70 valence electrons. The van der Waals surface area contributed by atoms with Gasteiger partial charge >= 0.3 is 0 Å². The van der Waals surface area contributed by atoms with Gasteiger partial charge in [0, 0.05) is 16.0 Å². The van der Waals surface area contributed by atoms with Crippen molar-refractivity contribution in [1.29, 1.82) is 0 Å². The Morgan fingerprint density at radius 2 is 2.00 bits per heavy atom. The Labute approximate surface area is 93.2 Å². The van der Waals surface area contributed by atoms with E-state index in [1.165, 1.54) is 5.01 Å². The van der Waals surface area contributed by atoms with E-state index in [1.807, 2.05) is 24.3 Å². The number of rotatable bonds is 2. The van der Waals surface area contributed by atoms with Gasteiger partial charge in [-0.2, -0.15) is 0 Å². The Hall–Kier alpha value is -0.795. The van der Waals surface area contributed by atoms with Crippen LogP contribution >= 0.6 is 22.9 Å². The summed E-state index contributed by atoms with van der Waals surface area (Å²) in [4.78, 5) is 4.50. The molecule has 0 fully saturated rings. The van der Waals surface area contributed by atoms with Crippen LogP contribution < -0.4 is 0 Å². The molecule has 0 spiro atoms. The van der Waals surface area contributed by atoms with Gasteiger partial charge in [0.15, 0.2) is 0 Å². The smallest absolute Gasteiger partial charge is 0.110 e. The van der Waals surface area contributed by atoms with E-state index in [1.54, 1.807) is 11.3 Å². The van der Waals surface area contributed by atoms with Gasteiger partial charge < -0.3 is 0 Å². The van der Waals surface area contributed by atoms with Gasteiger partial charge in [0.1, 0.15) is 7.85 Å². The van der Waals surface area contributed by atoms with E-state index < -0.39 is 0 Å². The molecular formula is C10H9BClNS. The number of halogens is 1. The third kappa shape index (κ3) is 1.99. The van der Waals surface area contributed by atoms with E-state index in [4.69, 9.17) is 11.6 Å². The maximum atomic E-state index is 5.81. The van der Waals surface area contributed by atoms with Crippen LogP contribution in [0.2, 0.25) is 5.02 Å². The zero-order valence-corrected chi connectivity index (χ0v) is 9.40. The molecule has 0 aliphatic carbocycles. The summed E-state index contributed by atoms with van der Waals surface area (Å²) >= 11 is 7.52. The Morgan fingerprint density at radius 1 is 1.29 bits per heavy atom. The molecule has 0 atom stereocenters. The normalized spacial score (nSPS) is 10.4. The molecule has 1 nitrogen and oxygen atoms in total. The Morgan fingerprint density at radius 3 is 2.57 bits per heavy atom. The molecule has 0 unspecified atom stereocenters. The summed E-state index contributed by atoms with van der Waals surface area (Å²) in [7, 11) is 2.12. The van der Waals surface area contributed by atoms with E-state index in [0.29, 0.717) is 0 Å². The van der Waals surface area contributed by atoms with Crippen molar-refractivity contribution in [2.24, 2.45) is 0 Å². The van der Waals surface area contributed by atoms with E-state index in [9.17, 15) is 0 Å². The SMILES string of the molecule is BCc1nc(-c2ccc(Cl)cc2)cs1. The van der Waals surface area contributed by atoms with Gasteiger partial charge in [-0.15, -0.1) is 11.3 Å². The minimum absolute atomic E-state index is 0.764. The standard InChI is InChI=1S/C10H9BClNS/c11-5-10-13-9(6-14-10)7-1-3-8(12)4-2-7/h1-4,6H,5,11H2. The molecule has 0 amide bonds. The van der Waals surface area contributed by atoms with Crippen LogP contribution in [-0.4, -0.2) is 12.8 Å². The molecule has 0 saturated carbocycles. The Bertz CT molecular complexity index is 424. The van der Waals surface area contributed by atoms with Crippen LogP contribution in [0.15, 0.2) is 29.6 Å². The topological polar surface area (TPSA) is 12.9 Å². The van der Waals surface area contributed by atoms with Crippen molar-refractivity contribution in [3.63, 3.8) is 0 Å². The predicted molar refractivity (Wildman–Crippen MR) is 64.8 cm³/mol. The fraction of sp³-hybridized carbons (Fsp3) is 0.100. The van der Waals surface area contributed by atoms with Crippen molar-refractivity contribution in [3.05, 3.63) is 39.7 Å². The molecule has 0 radical (unpaired) electrons. The second-order valence-electron chi connectivity index (χ2n) is 2.99. The highest BCUT2D eigenvalue weighted by atomic mass is 35.5. The molecule has 0 saturated heterocycles. The van der Waals surface area contributed by atoms with Gasteiger partial charge in [0.2, 0.25) is 0 Å². The highest BCUT2D eigenvalue weighted by Gasteiger charge is 2.02. The minimum Gasteiger partial charge on any atom is -0.242 e. The fourth-order valence-electron chi connectivity index (χ4n) is 1.23. The highest BCUT2D eigenvalue weighted by molar-refractivity contribution is 7.10. The molecule has 0 aliphatic heterocycles. The average molecular weight is 222 g/mol. The first kappa shape index (κ1) is 9.75. The van der Waals surface area contributed by atoms with Gasteiger partial charge in [0.05, 0.1) is 10.7 Å². The highest BCUT2D eigenvalue weighted by Crippen LogP contribution is 2.23. The lowest BCUT2D eigenvalue weighted by Gasteiger charge is -1.95. The molecule has 14 heavy (non-hydrogen) atoms. The van der Waals surface area contributed by atoms with Crippen molar-refractivity contribution >= 4 is 30.8 Å². The second kappa shape index (κ2) is 4.15. The van der Waals surface area contributed by atoms with E-state index >= 15 is 0 Å². The van der Waals surface area contributed by atoms with Crippen molar-refractivity contribution in [1.82, 2.24) is 4.98 Å². The number of thiazole rings is 1. The van der Waals surface area contributed by atoms with Gasteiger partial charge in [-0.1, -0.05) is 23.7 Å². The third-order valence-corrected chi connectivity index (χ3v) is 3.24. The summed E-state index contributed by atoms with van der Waals surface area (Å²) < 4.78 is 0. The summed E-state index contributed by atoms with van der Waals surface area (Å²) in [6, 6.07) is 7.78. The molecule has 0 aliphatic rings. The second-order valence-corrected chi connectivity index (χ2v) is 4.37. The number of nitrogens with zero attached hydrogens (tertiary/aromatic N) is 1. The monoisotopic (exact) mass is 221 g/mol. The first-order valence-corrected chi connectivity index (χ1v) is 5.75. The maximum absolute atomic E-state index is 5.81. The van der Waals surface area contributed by atoms with E-state index in [0.717, 1.165) is 22.6 Å². The van der Waals surface area contributed by atoms with Crippen LogP contribution in [-0.2, 0) is 6.32 Å². The summed E-state index contributed by atoms with van der Waals surface area (Å²) in [5.41, 5.74) is 2.17. The van der Waals surface area contributed by atoms with Gasteiger partial charge in [0.25, 0.3) is 0 Å². The Kier molecular flexibility index (Phi) is 2.89. The largest absolute Gasteiger partial charge is 0.242 e. The third-order valence-electron chi connectivity index (χ3n) is 1.99. The zero-order chi connectivity index (χ0) is 9.97. The first-order valence-electron chi connectivity index (χ1n) is 4.50. The zero-order valence-electron chi connectivity index (χ0n) is 7.83. The van der Waals surface area contributed by atoms with E-state index in [-0.39, 0.29) is 0 Å². The molecule has 2 aromatic rings. The lowest BCUT2D eigenvalue weighted by molar-refractivity contribution is 1.26. The maximum Gasteiger partial charge on any atom is 0.110 e. The first-order chi connectivity index (χ1) is 6.79. The summed E-state index contributed by atoms with van der Waals surface area (Å²) in [5, 5.41) is 4.02. The van der Waals surface area contributed by atoms with Crippen LogP contribution in [0.1, 0.15) is 5.01 Å². The van der Waals surface area contributed by atoms with Crippen molar-refractivity contribution in [2.75, 3.05) is 0 Å². The van der Waals surface area contributed by atoms with Crippen molar-refractivity contribution < 1.29 is 0 Å². The minimum atomic E-state index is 0.764. The average Bonchev–Trinajstić information content (AvgIpc) is 2.67. The lowest BCUT2D eigenvalue weighted by Crippen LogP contribution is -1.82. The van der Waals surface area contributed by atoms with Crippen molar-refractivity contribution in [2.45, 2.75) is 6.32 Å². The van der Waals surface area contributed by atoms with Gasteiger partial charge in [-0.25, -0.2) is 4.98 Å². The predicted octanol–water partition coefficient (Wildman–Crippen LogP) is 2.60. The van der Waals surface area contributed by atoms with Crippen LogP contribution in [0, 0.1) is 0 Å². The number of hydrogen-bond donors (Lipinski definition) is 0. The van der Waals surface area contributed by atoms with Crippen molar-refractivity contribution in [3.8, 4) is 11.3 Å². The van der Waals surface area contributed by atoms with Crippen LogP contribution in [0.3, 0.4) is 0 Å². The van der Waals surface area contributed by atoms with E-state index in [2.05, 4.69) is 18.2 Å². The summed E-state index contributed by atoms with van der Waals surface area (Å²) in [5.74, 6) is 0. The molecular weight excluding hydrogens is 212 g/mol. The summed E-state index contributed by atoms with van der Waals surface area (Å²) in [6.07, 6.45) is 0.998. The quantitative estimate of drug-likeness (QED) is 0.711.